The standard InChI is InChI=1S/C8H15NO2S/c1-5-6-8(4)9-12(10,11)7(2)3/h1,7-9H,6H2,2-4H3. The van der Waals surface area contributed by atoms with Crippen molar-refractivity contribution in [2.75, 3.05) is 0 Å². The highest BCUT2D eigenvalue weighted by Gasteiger charge is 2.17. The van der Waals surface area contributed by atoms with E-state index in [1.807, 2.05) is 0 Å². The molecule has 0 amide bonds. The molecule has 70 valence electrons. The highest BCUT2D eigenvalue weighted by molar-refractivity contribution is 7.90. The maximum atomic E-state index is 11.2. The van der Waals surface area contributed by atoms with Crippen molar-refractivity contribution in [3.63, 3.8) is 0 Å². The Morgan fingerprint density at radius 2 is 1.92 bits per heavy atom. The molecule has 0 aliphatic heterocycles. The molecule has 0 fully saturated rings. The molecule has 0 rings (SSSR count). The summed E-state index contributed by atoms with van der Waals surface area (Å²) < 4.78 is 25.0. The normalized spacial score (nSPS) is 14.2. The number of terminal acetylenes is 1. The molecular weight excluding hydrogens is 174 g/mol. The third-order valence-corrected chi connectivity index (χ3v) is 3.38. The first-order valence-corrected chi connectivity index (χ1v) is 5.39. The van der Waals surface area contributed by atoms with Gasteiger partial charge in [-0.1, -0.05) is 0 Å². The number of hydrogen-bond acceptors (Lipinski definition) is 2. The van der Waals surface area contributed by atoms with Crippen molar-refractivity contribution in [3.05, 3.63) is 0 Å². The quantitative estimate of drug-likeness (QED) is 0.663. The minimum atomic E-state index is -3.17. The molecule has 1 N–H and O–H groups in total. The van der Waals surface area contributed by atoms with Gasteiger partial charge in [0.05, 0.1) is 5.25 Å². The van der Waals surface area contributed by atoms with Crippen molar-refractivity contribution in [2.24, 2.45) is 0 Å². The van der Waals surface area contributed by atoms with Crippen LogP contribution < -0.4 is 4.72 Å². The van der Waals surface area contributed by atoms with Gasteiger partial charge >= 0.3 is 0 Å². The topological polar surface area (TPSA) is 46.2 Å². The van der Waals surface area contributed by atoms with E-state index in [9.17, 15) is 8.42 Å². The molecule has 12 heavy (non-hydrogen) atoms. The second kappa shape index (κ2) is 4.48. The molecule has 0 aromatic rings. The average molecular weight is 189 g/mol. The first-order valence-electron chi connectivity index (χ1n) is 3.84. The van der Waals surface area contributed by atoms with Gasteiger partial charge in [-0.25, -0.2) is 13.1 Å². The molecule has 4 heteroatoms. The number of rotatable bonds is 4. The summed E-state index contributed by atoms with van der Waals surface area (Å²) in [5.41, 5.74) is 0. The summed E-state index contributed by atoms with van der Waals surface area (Å²) in [7, 11) is -3.17. The fraction of sp³-hybridized carbons (Fsp3) is 0.750. The molecule has 3 nitrogen and oxygen atoms in total. The van der Waals surface area contributed by atoms with E-state index in [4.69, 9.17) is 6.42 Å². The summed E-state index contributed by atoms with van der Waals surface area (Å²) in [5.74, 6) is 2.40. The Balaban J connectivity index is 4.19. The molecule has 1 unspecified atom stereocenters. The number of sulfonamides is 1. The number of nitrogens with one attached hydrogen (secondary N) is 1. The van der Waals surface area contributed by atoms with Gasteiger partial charge in [-0.3, -0.25) is 0 Å². The van der Waals surface area contributed by atoms with Crippen LogP contribution in [0.4, 0.5) is 0 Å². The van der Waals surface area contributed by atoms with E-state index in [1.165, 1.54) is 0 Å². The molecule has 1 atom stereocenters. The van der Waals surface area contributed by atoms with E-state index in [-0.39, 0.29) is 6.04 Å². The van der Waals surface area contributed by atoms with Crippen molar-refractivity contribution in [1.82, 2.24) is 4.72 Å². The Labute approximate surface area is 74.6 Å². The summed E-state index contributed by atoms with van der Waals surface area (Å²) in [6.45, 7) is 5.01. The van der Waals surface area contributed by atoms with Crippen LogP contribution in [0.3, 0.4) is 0 Å². The third kappa shape index (κ3) is 3.74. The maximum Gasteiger partial charge on any atom is 0.214 e. The van der Waals surface area contributed by atoms with Crippen molar-refractivity contribution in [2.45, 2.75) is 38.5 Å². The minimum absolute atomic E-state index is 0.178. The van der Waals surface area contributed by atoms with Crippen LogP contribution in [0.15, 0.2) is 0 Å². The first-order chi connectivity index (χ1) is 5.40. The van der Waals surface area contributed by atoms with Crippen LogP contribution in [0.5, 0.6) is 0 Å². The third-order valence-electron chi connectivity index (χ3n) is 1.41. The van der Waals surface area contributed by atoms with Crippen LogP contribution in [0, 0.1) is 12.3 Å². The Bertz CT molecular complexity index is 261. The maximum absolute atomic E-state index is 11.2. The Morgan fingerprint density at radius 3 is 2.25 bits per heavy atom. The average Bonchev–Trinajstić information content (AvgIpc) is 1.85. The molecule has 0 heterocycles. The largest absolute Gasteiger partial charge is 0.214 e. The van der Waals surface area contributed by atoms with Crippen molar-refractivity contribution < 1.29 is 8.42 Å². The van der Waals surface area contributed by atoms with Crippen LogP contribution in [-0.4, -0.2) is 19.7 Å². The molecular formula is C8H15NO2S. The van der Waals surface area contributed by atoms with Crippen molar-refractivity contribution in [3.8, 4) is 12.3 Å². The predicted octanol–water partition coefficient (Wildman–Crippen LogP) is 0.726. The van der Waals surface area contributed by atoms with Gasteiger partial charge in [0.1, 0.15) is 0 Å². The summed E-state index contributed by atoms with van der Waals surface area (Å²) in [4.78, 5) is 0. The summed E-state index contributed by atoms with van der Waals surface area (Å²) >= 11 is 0. The Morgan fingerprint density at radius 1 is 1.42 bits per heavy atom. The van der Waals surface area contributed by atoms with Crippen LogP contribution in [-0.2, 0) is 10.0 Å². The lowest BCUT2D eigenvalue weighted by atomic mass is 10.3. The van der Waals surface area contributed by atoms with Gasteiger partial charge in [0.25, 0.3) is 0 Å². The molecule has 0 aromatic carbocycles. The lowest BCUT2D eigenvalue weighted by Gasteiger charge is -2.13. The van der Waals surface area contributed by atoms with Crippen molar-refractivity contribution in [1.29, 1.82) is 0 Å². The van der Waals surface area contributed by atoms with E-state index in [0.29, 0.717) is 6.42 Å². The zero-order chi connectivity index (χ0) is 9.78. The van der Waals surface area contributed by atoms with Crippen LogP contribution in [0.1, 0.15) is 27.2 Å². The molecule has 0 aliphatic rings. The van der Waals surface area contributed by atoms with Crippen LogP contribution in [0.2, 0.25) is 0 Å². The van der Waals surface area contributed by atoms with E-state index in [0.717, 1.165) is 0 Å². The molecule has 0 saturated carbocycles. The van der Waals surface area contributed by atoms with Crippen LogP contribution in [0.25, 0.3) is 0 Å². The smallest absolute Gasteiger partial charge is 0.212 e. The minimum Gasteiger partial charge on any atom is -0.212 e. The second-order valence-electron chi connectivity index (χ2n) is 3.02. The molecule has 0 aliphatic carbocycles. The zero-order valence-electron chi connectivity index (χ0n) is 7.66. The summed E-state index contributed by atoms with van der Waals surface area (Å²) in [6, 6.07) is -0.178. The summed E-state index contributed by atoms with van der Waals surface area (Å²) in [6.07, 6.45) is 5.46. The fourth-order valence-corrected chi connectivity index (χ4v) is 1.55. The Hall–Kier alpha value is -0.530. The van der Waals surface area contributed by atoms with Gasteiger partial charge in [0.15, 0.2) is 0 Å². The highest BCUT2D eigenvalue weighted by atomic mass is 32.2. The van der Waals surface area contributed by atoms with Crippen molar-refractivity contribution >= 4 is 10.0 Å². The summed E-state index contributed by atoms with van der Waals surface area (Å²) in [5, 5.41) is -0.405. The highest BCUT2D eigenvalue weighted by Crippen LogP contribution is 1.99. The molecule has 0 bridgehead atoms. The lowest BCUT2D eigenvalue weighted by Crippen LogP contribution is -2.37. The van der Waals surface area contributed by atoms with E-state index < -0.39 is 15.3 Å². The van der Waals surface area contributed by atoms with Gasteiger partial charge < -0.3 is 0 Å². The van der Waals surface area contributed by atoms with E-state index in [1.54, 1.807) is 20.8 Å². The fourth-order valence-electron chi connectivity index (χ4n) is 0.635. The lowest BCUT2D eigenvalue weighted by molar-refractivity contribution is 0.555. The zero-order valence-corrected chi connectivity index (χ0v) is 8.48. The first kappa shape index (κ1) is 11.5. The van der Waals surface area contributed by atoms with Crippen LogP contribution >= 0.6 is 0 Å². The van der Waals surface area contributed by atoms with Gasteiger partial charge in [0, 0.05) is 12.5 Å². The molecule has 0 saturated heterocycles. The second-order valence-corrected chi connectivity index (χ2v) is 5.29. The Kier molecular flexibility index (Phi) is 4.29. The monoisotopic (exact) mass is 189 g/mol. The molecule has 0 aromatic heterocycles. The van der Waals surface area contributed by atoms with Gasteiger partial charge in [-0.15, -0.1) is 12.3 Å². The molecule has 0 spiro atoms. The van der Waals surface area contributed by atoms with Gasteiger partial charge in [0.2, 0.25) is 10.0 Å². The molecule has 0 radical (unpaired) electrons. The SMILES string of the molecule is C#CCC(C)NS(=O)(=O)C(C)C. The van der Waals surface area contributed by atoms with Gasteiger partial charge in [-0.2, -0.15) is 0 Å². The van der Waals surface area contributed by atoms with Gasteiger partial charge in [-0.05, 0) is 20.8 Å². The number of hydrogen-bond donors (Lipinski definition) is 1. The predicted molar refractivity (Wildman–Crippen MR) is 50.1 cm³/mol. The van der Waals surface area contributed by atoms with E-state index >= 15 is 0 Å². The van der Waals surface area contributed by atoms with E-state index in [2.05, 4.69) is 10.6 Å².